The van der Waals surface area contributed by atoms with Crippen LogP contribution in [0.25, 0.3) is 0 Å². The van der Waals surface area contributed by atoms with E-state index in [0.717, 1.165) is 5.56 Å². The lowest BCUT2D eigenvalue weighted by Crippen LogP contribution is -2.22. The molecule has 1 unspecified atom stereocenters. The maximum Gasteiger partial charge on any atom is 0.342 e. The Kier molecular flexibility index (Phi) is 4.70. The van der Waals surface area contributed by atoms with Gasteiger partial charge in [0, 0.05) is 0 Å². The van der Waals surface area contributed by atoms with Crippen LogP contribution in [0.5, 0.6) is 0 Å². The van der Waals surface area contributed by atoms with Crippen LogP contribution in [-0.2, 0) is 14.6 Å². The van der Waals surface area contributed by atoms with Gasteiger partial charge in [-0.2, -0.15) is 4.89 Å². The van der Waals surface area contributed by atoms with Crippen molar-refractivity contribution in [3.05, 3.63) is 35.9 Å². The van der Waals surface area contributed by atoms with Crippen molar-refractivity contribution in [2.75, 3.05) is 0 Å². The standard InChI is InChI=1S/C14H20O3/c1-11(12-8-6-5-7-9-12)10-13(15)16-17-14(2,3)4/h5-9,11H,10H2,1-4H3. The molecule has 0 aliphatic heterocycles. The average molecular weight is 236 g/mol. The molecule has 3 heteroatoms. The molecule has 0 fully saturated rings. The summed E-state index contributed by atoms with van der Waals surface area (Å²) in [4.78, 5) is 21.3. The molecule has 0 spiro atoms. The highest BCUT2D eigenvalue weighted by Crippen LogP contribution is 2.19. The number of hydrogen-bond donors (Lipinski definition) is 0. The second kappa shape index (κ2) is 5.82. The minimum Gasteiger partial charge on any atom is -0.298 e. The van der Waals surface area contributed by atoms with E-state index >= 15 is 0 Å². The van der Waals surface area contributed by atoms with Gasteiger partial charge >= 0.3 is 5.97 Å². The Bertz CT molecular complexity index is 351. The molecule has 94 valence electrons. The molecule has 0 saturated carbocycles. The Hall–Kier alpha value is -1.35. The largest absolute Gasteiger partial charge is 0.342 e. The number of benzene rings is 1. The summed E-state index contributed by atoms with van der Waals surface area (Å²) in [5, 5.41) is 0. The van der Waals surface area contributed by atoms with Gasteiger partial charge in [-0.3, -0.25) is 4.89 Å². The number of rotatable bonds is 4. The van der Waals surface area contributed by atoms with Crippen LogP contribution in [0, 0.1) is 0 Å². The highest BCUT2D eigenvalue weighted by atomic mass is 17.2. The van der Waals surface area contributed by atoms with Crippen LogP contribution in [0.15, 0.2) is 30.3 Å². The SMILES string of the molecule is CC(CC(=O)OOC(C)(C)C)c1ccccc1. The van der Waals surface area contributed by atoms with Gasteiger partial charge in [-0.05, 0) is 32.3 Å². The summed E-state index contributed by atoms with van der Waals surface area (Å²) in [5.74, 6) is -0.205. The molecule has 1 aromatic rings. The summed E-state index contributed by atoms with van der Waals surface area (Å²) < 4.78 is 0. The molecular formula is C14H20O3. The van der Waals surface area contributed by atoms with Crippen molar-refractivity contribution in [1.82, 2.24) is 0 Å². The van der Waals surface area contributed by atoms with Crippen LogP contribution in [0.3, 0.4) is 0 Å². The van der Waals surface area contributed by atoms with E-state index in [-0.39, 0.29) is 11.9 Å². The zero-order chi connectivity index (χ0) is 12.9. The maximum absolute atomic E-state index is 11.5. The lowest BCUT2D eigenvalue weighted by atomic mass is 9.98. The molecule has 1 aromatic carbocycles. The second-order valence-electron chi connectivity index (χ2n) is 5.17. The zero-order valence-electron chi connectivity index (χ0n) is 10.9. The lowest BCUT2D eigenvalue weighted by molar-refractivity contribution is -0.320. The summed E-state index contributed by atoms with van der Waals surface area (Å²) in [6.45, 7) is 7.50. The highest BCUT2D eigenvalue weighted by Gasteiger charge is 2.17. The molecule has 0 N–H and O–H groups in total. The van der Waals surface area contributed by atoms with Gasteiger partial charge in [0.25, 0.3) is 0 Å². The third-order valence-electron chi connectivity index (χ3n) is 2.23. The van der Waals surface area contributed by atoms with Crippen LogP contribution < -0.4 is 0 Å². The van der Waals surface area contributed by atoms with E-state index in [2.05, 4.69) is 0 Å². The summed E-state index contributed by atoms with van der Waals surface area (Å²) in [7, 11) is 0. The Labute approximate surface area is 103 Å². The van der Waals surface area contributed by atoms with Crippen LogP contribution in [0.1, 0.15) is 45.6 Å². The van der Waals surface area contributed by atoms with Crippen molar-refractivity contribution in [2.24, 2.45) is 0 Å². The fourth-order valence-electron chi connectivity index (χ4n) is 1.35. The van der Waals surface area contributed by atoms with E-state index < -0.39 is 5.60 Å². The summed E-state index contributed by atoms with van der Waals surface area (Å²) in [6, 6.07) is 9.88. The van der Waals surface area contributed by atoms with Crippen molar-refractivity contribution in [1.29, 1.82) is 0 Å². The molecule has 0 aliphatic carbocycles. The first kappa shape index (κ1) is 13.7. The molecule has 0 heterocycles. The lowest BCUT2D eigenvalue weighted by Gasteiger charge is -2.17. The fourth-order valence-corrected chi connectivity index (χ4v) is 1.35. The van der Waals surface area contributed by atoms with Gasteiger partial charge in [-0.15, -0.1) is 0 Å². The molecule has 1 atom stereocenters. The van der Waals surface area contributed by atoms with Crippen LogP contribution in [0.4, 0.5) is 0 Å². The summed E-state index contributed by atoms with van der Waals surface area (Å²) >= 11 is 0. The van der Waals surface area contributed by atoms with Crippen LogP contribution in [-0.4, -0.2) is 11.6 Å². The zero-order valence-corrected chi connectivity index (χ0v) is 10.9. The first-order chi connectivity index (χ1) is 7.88. The number of carbonyl (C=O) groups excluding carboxylic acids is 1. The summed E-state index contributed by atoms with van der Waals surface area (Å²) in [5.41, 5.74) is 0.659. The van der Waals surface area contributed by atoms with Gasteiger partial charge in [0.2, 0.25) is 0 Å². The van der Waals surface area contributed by atoms with Gasteiger partial charge in [0.1, 0.15) is 5.60 Å². The van der Waals surface area contributed by atoms with Crippen molar-refractivity contribution in [3.8, 4) is 0 Å². The van der Waals surface area contributed by atoms with Crippen LogP contribution in [0.2, 0.25) is 0 Å². The van der Waals surface area contributed by atoms with Crippen LogP contribution >= 0.6 is 0 Å². The Morgan fingerprint density at radius 3 is 2.35 bits per heavy atom. The van der Waals surface area contributed by atoms with Crippen molar-refractivity contribution < 1.29 is 14.6 Å². The van der Waals surface area contributed by atoms with E-state index in [1.165, 1.54) is 0 Å². The summed E-state index contributed by atoms with van der Waals surface area (Å²) in [6.07, 6.45) is 0.320. The molecule has 0 radical (unpaired) electrons. The Morgan fingerprint density at radius 2 is 1.82 bits per heavy atom. The molecule has 3 nitrogen and oxygen atoms in total. The first-order valence-electron chi connectivity index (χ1n) is 5.82. The molecule has 17 heavy (non-hydrogen) atoms. The van der Waals surface area contributed by atoms with E-state index in [1.54, 1.807) is 0 Å². The number of hydrogen-bond acceptors (Lipinski definition) is 3. The van der Waals surface area contributed by atoms with E-state index in [9.17, 15) is 4.79 Å². The minimum absolute atomic E-state index is 0.132. The predicted molar refractivity (Wildman–Crippen MR) is 66.4 cm³/mol. The molecule has 0 aliphatic rings. The molecule has 1 rings (SSSR count). The van der Waals surface area contributed by atoms with Gasteiger partial charge in [0.15, 0.2) is 0 Å². The van der Waals surface area contributed by atoms with Crippen molar-refractivity contribution in [2.45, 2.75) is 45.6 Å². The van der Waals surface area contributed by atoms with E-state index in [0.29, 0.717) is 6.42 Å². The van der Waals surface area contributed by atoms with Gasteiger partial charge in [0.05, 0.1) is 6.42 Å². The molecule has 0 aromatic heterocycles. The second-order valence-corrected chi connectivity index (χ2v) is 5.17. The third-order valence-corrected chi connectivity index (χ3v) is 2.23. The maximum atomic E-state index is 11.5. The van der Waals surface area contributed by atoms with Gasteiger partial charge < -0.3 is 0 Å². The average Bonchev–Trinajstić information content (AvgIpc) is 2.27. The fraction of sp³-hybridized carbons (Fsp3) is 0.500. The first-order valence-corrected chi connectivity index (χ1v) is 5.82. The van der Waals surface area contributed by atoms with E-state index in [1.807, 2.05) is 58.0 Å². The molecule has 0 amide bonds. The third kappa shape index (κ3) is 5.50. The smallest absolute Gasteiger partial charge is 0.298 e. The molecule has 0 bridgehead atoms. The highest BCUT2D eigenvalue weighted by molar-refractivity contribution is 5.69. The Morgan fingerprint density at radius 1 is 1.24 bits per heavy atom. The quantitative estimate of drug-likeness (QED) is 0.593. The topological polar surface area (TPSA) is 35.5 Å². The van der Waals surface area contributed by atoms with Gasteiger partial charge in [-0.25, -0.2) is 4.79 Å². The normalized spacial score (nSPS) is 13.2. The van der Waals surface area contributed by atoms with Crippen molar-refractivity contribution >= 4 is 5.97 Å². The van der Waals surface area contributed by atoms with Gasteiger partial charge in [-0.1, -0.05) is 37.3 Å². The van der Waals surface area contributed by atoms with E-state index in [4.69, 9.17) is 9.78 Å². The molecular weight excluding hydrogens is 216 g/mol. The minimum atomic E-state index is -0.467. The predicted octanol–water partition coefficient (Wildman–Crippen LogP) is 3.45. The number of carbonyl (C=O) groups is 1. The van der Waals surface area contributed by atoms with Crippen molar-refractivity contribution in [3.63, 3.8) is 0 Å². The monoisotopic (exact) mass is 236 g/mol. The molecule has 0 saturated heterocycles. The Balaban J connectivity index is 2.42.